The predicted molar refractivity (Wildman–Crippen MR) is 153 cm³/mol. The summed E-state index contributed by atoms with van der Waals surface area (Å²) in [5, 5.41) is 3.31. The Bertz CT molecular complexity index is 1370. The van der Waals surface area contributed by atoms with Gasteiger partial charge < -0.3 is 15.0 Å². The molecule has 3 aromatic carbocycles. The van der Waals surface area contributed by atoms with E-state index < -0.39 is 28.5 Å². The first-order valence-electron chi connectivity index (χ1n) is 12.6. The van der Waals surface area contributed by atoms with Crippen LogP contribution in [0.3, 0.4) is 0 Å². The summed E-state index contributed by atoms with van der Waals surface area (Å²) in [7, 11) is -2.60. The molecule has 3 aromatic rings. The van der Waals surface area contributed by atoms with Gasteiger partial charge in [-0.1, -0.05) is 48.9 Å². The molecule has 0 bridgehead atoms. The summed E-state index contributed by atoms with van der Waals surface area (Å²) in [6.07, 6.45) is 0.726. The lowest BCUT2D eigenvalue weighted by Crippen LogP contribution is -2.52. The summed E-state index contributed by atoms with van der Waals surface area (Å²) in [4.78, 5) is 28.4. The van der Waals surface area contributed by atoms with Crippen LogP contribution in [0.15, 0.2) is 83.8 Å². The van der Waals surface area contributed by atoms with Crippen molar-refractivity contribution in [3.63, 3.8) is 0 Å². The molecule has 0 aliphatic heterocycles. The van der Waals surface area contributed by atoms with E-state index in [1.807, 2.05) is 19.9 Å². The molecule has 0 saturated heterocycles. The van der Waals surface area contributed by atoms with Gasteiger partial charge in [0.15, 0.2) is 0 Å². The Balaban J connectivity index is 2.00. The summed E-state index contributed by atoms with van der Waals surface area (Å²) >= 11 is 5.98. The topological polar surface area (TPSA) is 96.0 Å². The third-order valence-electron chi connectivity index (χ3n) is 6.38. The number of hydrogen-bond donors (Lipinski definition) is 1. The highest BCUT2D eigenvalue weighted by atomic mass is 35.5. The number of hydrogen-bond acceptors (Lipinski definition) is 5. The molecule has 0 fully saturated rings. The number of benzene rings is 3. The molecule has 0 aromatic heterocycles. The molecule has 8 nitrogen and oxygen atoms in total. The van der Waals surface area contributed by atoms with Crippen molar-refractivity contribution < 1.29 is 22.7 Å². The molecular formula is C29H34ClN3O5S. The number of sulfonamides is 1. The van der Waals surface area contributed by atoms with Crippen molar-refractivity contribution in [3.05, 3.63) is 89.4 Å². The third kappa shape index (κ3) is 7.74. The van der Waals surface area contributed by atoms with E-state index in [2.05, 4.69) is 5.32 Å². The average molecular weight is 572 g/mol. The van der Waals surface area contributed by atoms with E-state index in [1.54, 1.807) is 62.6 Å². The van der Waals surface area contributed by atoms with Crippen LogP contribution in [0.25, 0.3) is 0 Å². The van der Waals surface area contributed by atoms with Crippen molar-refractivity contribution in [2.75, 3.05) is 18.0 Å². The molecule has 10 heteroatoms. The van der Waals surface area contributed by atoms with Gasteiger partial charge in [0.25, 0.3) is 10.0 Å². The number of methoxy groups -OCH3 is 1. The molecule has 0 aliphatic carbocycles. The number of anilines is 1. The Morgan fingerprint density at radius 1 is 0.974 bits per heavy atom. The van der Waals surface area contributed by atoms with Gasteiger partial charge >= 0.3 is 0 Å². The molecule has 2 atom stereocenters. The van der Waals surface area contributed by atoms with Gasteiger partial charge in [-0.2, -0.15) is 0 Å². The Kier molecular flexibility index (Phi) is 10.4. The fourth-order valence-electron chi connectivity index (χ4n) is 3.87. The second-order valence-electron chi connectivity index (χ2n) is 9.17. The van der Waals surface area contributed by atoms with Crippen LogP contribution in [0.2, 0.25) is 5.02 Å². The van der Waals surface area contributed by atoms with Crippen LogP contribution >= 0.6 is 11.6 Å². The van der Waals surface area contributed by atoms with Crippen LogP contribution in [-0.2, 0) is 26.2 Å². The third-order valence-corrected chi connectivity index (χ3v) is 8.42. The summed E-state index contributed by atoms with van der Waals surface area (Å²) < 4.78 is 33.9. The first kappa shape index (κ1) is 30.0. The van der Waals surface area contributed by atoms with Gasteiger partial charge in [0.2, 0.25) is 11.8 Å². The van der Waals surface area contributed by atoms with Crippen molar-refractivity contribution in [3.8, 4) is 5.75 Å². The van der Waals surface area contributed by atoms with Crippen molar-refractivity contribution >= 4 is 39.1 Å². The first-order chi connectivity index (χ1) is 18.6. The van der Waals surface area contributed by atoms with E-state index in [-0.39, 0.29) is 23.4 Å². The van der Waals surface area contributed by atoms with Gasteiger partial charge in [-0.15, -0.1) is 0 Å². The monoisotopic (exact) mass is 571 g/mol. The number of carbonyl (C=O) groups excluding carboxylic acids is 2. The molecule has 208 valence electrons. The van der Waals surface area contributed by atoms with E-state index >= 15 is 0 Å². The van der Waals surface area contributed by atoms with E-state index in [0.717, 1.165) is 16.3 Å². The molecule has 0 spiro atoms. The number of nitrogens with zero attached hydrogens (tertiary/aromatic N) is 2. The van der Waals surface area contributed by atoms with E-state index in [1.165, 1.54) is 29.2 Å². The minimum Gasteiger partial charge on any atom is -0.497 e. The smallest absolute Gasteiger partial charge is 0.264 e. The fourth-order valence-corrected chi connectivity index (χ4v) is 5.41. The number of halogens is 1. The lowest BCUT2D eigenvalue weighted by molar-refractivity contribution is -0.139. The molecular weight excluding hydrogens is 538 g/mol. The maximum atomic E-state index is 13.9. The lowest BCUT2D eigenvalue weighted by Gasteiger charge is -2.32. The molecule has 0 aliphatic rings. The van der Waals surface area contributed by atoms with Gasteiger partial charge in [-0.25, -0.2) is 8.42 Å². The quantitative estimate of drug-likeness (QED) is 0.334. The maximum absolute atomic E-state index is 13.9. The molecule has 1 N–H and O–H groups in total. The van der Waals surface area contributed by atoms with Crippen molar-refractivity contribution in [2.24, 2.45) is 0 Å². The zero-order valence-electron chi connectivity index (χ0n) is 22.5. The number of rotatable bonds is 12. The number of ether oxygens (including phenoxy) is 1. The zero-order chi connectivity index (χ0) is 28.6. The highest BCUT2D eigenvalue weighted by molar-refractivity contribution is 7.92. The van der Waals surface area contributed by atoms with Crippen LogP contribution in [0.1, 0.15) is 32.8 Å². The Morgan fingerprint density at radius 3 is 2.26 bits per heavy atom. The average Bonchev–Trinajstić information content (AvgIpc) is 2.94. The summed E-state index contributed by atoms with van der Waals surface area (Å²) in [5.41, 5.74) is 1.05. The number of para-hydroxylation sites is 1. The van der Waals surface area contributed by atoms with Crippen molar-refractivity contribution in [1.82, 2.24) is 10.2 Å². The summed E-state index contributed by atoms with van der Waals surface area (Å²) in [5.74, 6) is -0.258. The van der Waals surface area contributed by atoms with Crippen LogP contribution in [0.5, 0.6) is 5.75 Å². The SMILES string of the molecule is CC[C@@H](C)NC(=O)[C@@H](C)N(Cc1cccc(OC)c1)C(=O)CN(c1ccccc1)S(=O)(=O)c1ccc(Cl)cc1. The van der Waals surface area contributed by atoms with Crippen LogP contribution < -0.4 is 14.4 Å². The second kappa shape index (κ2) is 13.5. The molecule has 0 heterocycles. The van der Waals surface area contributed by atoms with E-state index in [0.29, 0.717) is 16.5 Å². The molecule has 2 amide bonds. The van der Waals surface area contributed by atoms with Crippen LogP contribution in [0.4, 0.5) is 5.69 Å². The standard InChI is InChI=1S/C29H34ClN3O5S/c1-5-21(2)31-29(35)22(3)32(19-23-10-9-13-26(18-23)38-4)28(34)20-33(25-11-7-6-8-12-25)39(36,37)27-16-14-24(30)15-17-27/h6-18,21-22H,5,19-20H2,1-4H3,(H,31,35)/t21-,22-/m1/s1. The molecule has 3 rings (SSSR count). The first-order valence-corrected chi connectivity index (χ1v) is 14.4. The minimum absolute atomic E-state index is 0.00883. The maximum Gasteiger partial charge on any atom is 0.264 e. The van der Waals surface area contributed by atoms with Crippen LogP contribution in [-0.4, -0.2) is 50.9 Å². The van der Waals surface area contributed by atoms with Gasteiger partial charge in [-0.05, 0) is 74.4 Å². The highest BCUT2D eigenvalue weighted by Gasteiger charge is 2.32. The molecule has 0 radical (unpaired) electrons. The van der Waals surface area contributed by atoms with Gasteiger partial charge in [-0.3, -0.25) is 13.9 Å². The minimum atomic E-state index is -4.15. The Morgan fingerprint density at radius 2 is 1.64 bits per heavy atom. The van der Waals surface area contributed by atoms with Gasteiger partial charge in [0, 0.05) is 17.6 Å². The van der Waals surface area contributed by atoms with Crippen molar-refractivity contribution in [2.45, 2.75) is 50.7 Å². The van der Waals surface area contributed by atoms with E-state index in [4.69, 9.17) is 16.3 Å². The summed E-state index contributed by atoms with van der Waals surface area (Å²) in [6.45, 7) is 5.04. The number of nitrogens with one attached hydrogen (secondary N) is 1. The van der Waals surface area contributed by atoms with Crippen LogP contribution in [0, 0.1) is 0 Å². The van der Waals surface area contributed by atoms with Gasteiger partial charge in [0.1, 0.15) is 18.3 Å². The Labute approximate surface area is 235 Å². The van der Waals surface area contributed by atoms with Gasteiger partial charge in [0.05, 0.1) is 17.7 Å². The summed E-state index contributed by atoms with van der Waals surface area (Å²) in [6, 6.07) is 20.4. The normalized spacial score (nSPS) is 12.7. The highest BCUT2D eigenvalue weighted by Crippen LogP contribution is 2.25. The second-order valence-corrected chi connectivity index (χ2v) is 11.5. The molecule has 0 saturated carbocycles. The lowest BCUT2D eigenvalue weighted by atomic mass is 10.1. The largest absolute Gasteiger partial charge is 0.497 e. The fraction of sp³-hybridized carbons (Fsp3) is 0.310. The van der Waals surface area contributed by atoms with Crippen molar-refractivity contribution in [1.29, 1.82) is 0 Å². The number of amides is 2. The van der Waals surface area contributed by atoms with E-state index in [9.17, 15) is 18.0 Å². The molecule has 39 heavy (non-hydrogen) atoms. The molecule has 0 unspecified atom stereocenters. The predicted octanol–water partition coefficient (Wildman–Crippen LogP) is 4.88. The number of carbonyl (C=O) groups is 2. The Hall–Kier alpha value is -3.56. The zero-order valence-corrected chi connectivity index (χ0v) is 24.1.